The van der Waals surface area contributed by atoms with Gasteiger partial charge in [-0.1, -0.05) is 12.1 Å². The van der Waals surface area contributed by atoms with Crippen molar-refractivity contribution in [3.63, 3.8) is 0 Å². The van der Waals surface area contributed by atoms with Gasteiger partial charge in [0.2, 0.25) is 0 Å². The molecule has 0 saturated heterocycles. The standard InChI is InChI=1S/C11H9NO2/c13-10-5-3-4-9(8-10)12-7-2-1-6-11(12)14/h1-8,13H. The molecule has 14 heavy (non-hydrogen) atoms. The van der Waals surface area contributed by atoms with Gasteiger partial charge in [0.25, 0.3) is 5.56 Å². The van der Waals surface area contributed by atoms with Crippen LogP contribution < -0.4 is 5.56 Å². The van der Waals surface area contributed by atoms with Crippen molar-refractivity contribution in [1.29, 1.82) is 0 Å². The second kappa shape index (κ2) is 3.38. The van der Waals surface area contributed by atoms with Crippen molar-refractivity contribution in [1.82, 2.24) is 4.57 Å². The predicted molar refractivity (Wildman–Crippen MR) is 53.7 cm³/mol. The van der Waals surface area contributed by atoms with Crippen molar-refractivity contribution < 1.29 is 5.11 Å². The number of phenols is 1. The normalized spacial score (nSPS) is 10.0. The Morgan fingerprint density at radius 1 is 1.07 bits per heavy atom. The molecule has 0 saturated carbocycles. The first-order valence-electron chi connectivity index (χ1n) is 4.24. The Morgan fingerprint density at radius 3 is 2.64 bits per heavy atom. The van der Waals surface area contributed by atoms with E-state index >= 15 is 0 Å². The van der Waals surface area contributed by atoms with E-state index in [1.807, 2.05) is 0 Å². The number of hydrogen-bond acceptors (Lipinski definition) is 2. The molecule has 1 N–H and O–H groups in total. The van der Waals surface area contributed by atoms with Crippen LogP contribution in [0.2, 0.25) is 0 Å². The quantitative estimate of drug-likeness (QED) is 0.735. The van der Waals surface area contributed by atoms with E-state index in [-0.39, 0.29) is 11.3 Å². The van der Waals surface area contributed by atoms with Crippen LogP contribution in [0.4, 0.5) is 0 Å². The molecule has 0 radical (unpaired) electrons. The fourth-order valence-electron chi connectivity index (χ4n) is 1.28. The van der Waals surface area contributed by atoms with Crippen molar-refractivity contribution in [3.8, 4) is 11.4 Å². The molecule has 1 aromatic carbocycles. The molecule has 3 heteroatoms. The van der Waals surface area contributed by atoms with Gasteiger partial charge < -0.3 is 5.11 Å². The van der Waals surface area contributed by atoms with E-state index in [4.69, 9.17) is 0 Å². The Kier molecular flexibility index (Phi) is 2.07. The fourth-order valence-corrected chi connectivity index (χ4v) is 1.28. The van der Waals surface area contributed by atoms with Gasteiger partial charge in [-0.3, -0.25) is 9.36 Å². The zero-order valence-electron chi connectivity index (χ0n) is 7.42. The molecule has 0 aliphatic rings. The molecule has 1 aromatic heterocycles. The average Bonchev–Trinajstić information content (AvgIpc) is 2.18. The lowest BCUT2D eigenvalue weighted by atomic mass is 10.3. The predicted octanol–water partition coefficient (Wildman–Crippen LogP) is 1.54. The van der Waals surface area contributed by atoms with Crippen LogP contribution in [0.25, 0.3) is 5.69 Å². The van der Waals surface area contributed by atoms with Crippen LogP contribution in [-0.4, -0.2) is 9.67 Å². The highest BCUT2D eigenvalue weighted by molar-refractivity contribution is 5.38. The Bertz CT molecular complexity index is 502. The minimum Gasteiger partial charge on any atom is -0.508 e. The molecule has 0 bridgehead atoms. The third kappa shape index (κ3) is 1.52. The maximum atomic E-state index is 11.4. The average molecular weight is 187 g/mol. The van der Waals surface area contributed by atoms with E-state index in [1.165, 1.54) is 10.6 Å². The lowest BCUT2D eigenvalue weighted by Gasteiger charge is -2.04. The molecule has 0 fully saturated rings. The molecule has 2 aromatic rings. The number of phenolic OH excluding ortho intramolecular Hbond substituents is 1. The SMILES string of the molecule is O=c1ccccn1-c1cccc(O)c1. The van der Waals surface area contributed by atoms with Gasteiger partial charge in [0.1, 0.15) is 5.75 Å². The largest absolute Gasteiger partial charge is 0.508 e. The molecule has 0 atom stereocenters. The summed E-state index contributed by atoms with van der Waals surface area (Å²) in [6, 6.07) is 11.5. The van der Waals surface area contributed by atoms with Gasteiger partial charge in [-0.2, -0.15) is 0 Å². The van der Waals surface area contributed by atoms with Crippen LogP contribution in [-0.2, 0) is 0 Å². The molecule has 0 unspecified atom stereocenters. The van der Waals surface area contributed by atoms with Gasteiger partial charge in [0, 0.05) is 18.3 Å². The summed E-state index contributed by atoms with van der Waals surface area (Å²) in [7, 11) is 0. The summed E-state index contributed by atoms with van der Waals surface area (Å²) in [5.74, 6) is 0.151. The number of rotatable bonds is 1. The first-order chi connectivity index (χ1) is 6.77. The first kappa shape index (κ1) is 8.56. The minimum absolute atomic E-state index is 0.113. The number of pyridine rings is 1. The fraction of sp³-hybridized carbons (Fsp3) is 0. The Hall–Kier alpha value is -2.03. The van der Waals surface area contributed by atoms with Crippen LogP contribution in [0.5, 0.6) is 5.75 Å². The molecule has 0 spiro atoms. The molecule has 70 valence electrons. The van der Waals surface area contributed by atoms with Gasteiger partial charge in [0.15, 0.2) is 0 Å². The van der Waals surface area contributed by atoms with Gasteiger partial charge in [0.05, 0.1) is 5.69 Å². The highest BCUT2D eigenvalue weighted by Gasteiger charge is 1.97. The summed E-state index contributed by atoms with van der Waals surface area (Å²) >= 11 is 0. The topological polar surface area (TPSA) is 42.2 Å². The Labute approximate surface area is 80.9 Å². The Morgan fingerprint density at radius 2 is 1.93 bits per heavy atom. The lowest BCUT2D eigenvalue weighted by Crippen LogP contribution is -2.15. The maximum absolute atomic E-state index is 11.4. The summed E-state index contributed by atoms with van der Waals surface area (Å²) in [6.07, 6.45) is 1.66. The molecule has 3 nitrogen and oxygen atoms in total. The first-order valence-corrected chi connectivity index (χ1v) is 4.24. The number of aromatic nitrogens is 1. The third-order valence-corrected chi connectivity index (χ3v) is 1.93. The van der Waals surface area contributed by atoms with Crippen LogP contribution >= 0.6 is 0 Å². The van der Waals surface area contributed by atoms with Gasteiger partial charge in [-0.05, 0) is 18.2 Å². The van der Waals surface area contributed by atoms with Crippen molar-refractivity contribution in [2.24, 2.45) is 0 Å². The van der Waals surface area contributed by atoms with Crippen molar-refractivity contribution in [3.05, 3.63) is 59.0 Å². The summed E-state index contributed by atoms with van der Waals surface area (Å²) < 4.78 is 1.47. The van der Waals surface area contributed by atoms with Crippen LogP contribution in [0.3, 0.4) is 0 Å². The number of hydrogen-bond donors (Lipinski definition) is 1. The van der Waals surface area contributed by atoms with E-state index in [2.05, 4.69) is 0 Å². The highest BCUT2D eigenvalue weighted by Crippen LogP contribution is 2.12. The Balaban J connectivity index is 2.61. The number of benzene rings is 1. The molecular formula is C11H9NO2. The van der Waals surface area contributed by atoms with Gasteiger partial charge in [-0.25, -0.2) is 0 Å². The second-order valence-electron chi connectivity index (χ2n) is 2.93. The van der Waals surface area contributed by atoms with Gasteiger partial charge >= 0.3 is 0 Å². The van der Waals surface area contributed by atoms with Crippen molar-refractivity contribution in [2.75, 3.05) is 0 Å². The van der Waals surface area contributed by atoms with E-state index in [0.29, 0.717) is 5.69 Å². The van der Waals surface area contributed by atoms with E-state index < -0.39 is 0 Å². The molecule has 2 rings (SSSR count). The molecular weight excluding hydrogens is 178 g/mol. The van der Waals surface area contributed by atoms with Crippen LogP contribution in [0.15, 0.2) is 53.5 Å². The van der Waals surface area contributed by atoms with Crippen LogP contribution in [0, 0.1) is 0 Å². The molecule has 1 heterocycles. The highest BCUT2D eigenvalue weighted by atomic mass is 16.3. The summed E-state index contributed by atoms with van der Waals surface area (Å²) in [6.45, 7) is 0. The zero-order chi connectivity index (χ0) is 9.97. The number of nitrogens with zero attached hydrogens (tertiary/aromatic N) is 1. The number of aromatic hydroxyl groups is 1. The second-order valence-corrected chi connectivity index (χ2v) is 2.93. The monoisotopic (exact) mass is 187 g/mol. The van der Waals surface area contributed by atoms with E-state index in [0.717, 1.165) is 0 Å². The third-order valence-electron chi connectivity index (χ3n) is 1.93. The maximum Gasteiger partial charge on any atom is 0.255 e. The lowest BCUT2D eigenvalue weighted by molar-refractivity contribution is 0.475. The van der Waals surface area contributed by atoms with E-state index in [9.17, 15) is 9.90 Å². The van der Waals surface area contributed by atoms with E-state index in [1.54, 1.807) is 42.6 Å². The summed E-state index contributed by atoms with van der Waals surface area (Å²) in [5.41, 5.74) is 0.550. The summed E-state index contributed by atoms with van der Waals surface area (Å²) in [5, 5.41) is 9.25. The molecule has 0 amide bonds. The van der Waals surface area contributed by atoms with Crippen molar-refractivity contribution >= 4 is 0 Å². The minimum atomic E-state index is -0.113. The van der Waals surface area contributed by atoms with Crippen molar-refractivity contribution in [2.45, 2.75) is 0 Å². The smallest absolute Gasteiger partial charge is 0.255 e. The molecule has 0 aliphatic heterocycles. The van der Waals surface area contributed by atoms with Crippen LogP contribution in [0.1, 0.15) is 0 Å². The zero-order valence-corrected chi connectivity index (χ0v) is 7.42. The molecule has 0 aliphatic carbocycles. The van der Waals surface area contributed by atoms with Gasteiger partial charge in [-0.15, -0.1) is 0 Å². The summed E-state index contributed by atoms with van der Waals surface area (Å²) in [4.78, 5) is 11.4.